The summed E-state index contributed by atoms with van der Waals surface area (Å²) in [4.78, 5) is 29.3. The van der Waals surface area contributed by atoms with Crippen molar-refractivity contribution in [2.24, 2.45) is 0 Å². The van der Waals surface area contributed by atoms with Crippen LogP contribution in [0.3, 0.4) is 0 Å². The Morgan fingerprint density at radius 3 is 2.84 bits per heavy atom. The third-order valence-electron chi connectivity index (χ3n) is 4.71. The Morgan fingerprint density at radius 2 is 2.08 bits per heavy atom. The normalized spacial score (nSPS) is 21.5. The number of piperidine rings is 1. The van der Waals surface area contributed by atoms with Gasteiger partial charge in [-0.3, -0.25) is 9.59 Å². The minimum Gasteiger partial charge on any atom is -0.341 e. The van der Waals surface area contributed by atoms with Gasteiger partial charge in [0.25, 0.3) is 0 Å². The molecule has 1 aromatic rings. The van der Waals surface area contributed by atoms with Crippen molar-refractivity contribution in [3.05, 3.63) is 30.1 Å². The first-order valence-corrected chi connectivity index (χ1v) is 9.78. The second-order valence-corrected chi connectivity index (χ2v) is 7.62. The van der Waals surface area contributed by atoms with Gasteiger partial charge in [-0.2, -0.15) is 0 Å². The molecule has 136 valence electrons. The molecule has 25 heavy (non-hydrogen) atoms. The predicted molar refractivity (Wildman–Crippen MR) is 95.9 cm³/mol. The number of hydrogen-bond acceptors (Lipinski definition) is 4. The van der Waals surface area contributed by atoms with E-state index in [-0.39, 0.29) is 23.7 Å². The van der Waals surface area contributed by atoms with Crippen LogP contribution in [0, 0.1) is 5.82 Å². The van der Waals surface area contributed by atoms with Gasteiger partial charge in [-0.25, -0.2) is 4.39 Å². The van der Waals surface area contributed by atoms with Gasteiger partial charge in [0, 0.05) is 49.3 Å². The standard InChI is InChI=1S/C18H24FN3O2S/c19-14-3-5-16(6-4-14)25-11-7-17(23)21-9-1-2-15(13-21)22-10-8-20-12-18(22)24/h3-6,15,20H,1-2,7-13H2. The average molecular weight is 365 g/mol. The molecule has 2 saturated heterocycles. The zero-order chi connectivity index (χ0) is 17.6. The van der Waals surface area contributed by atoms with Crippen molar-refractivity contribution in [3.8, 4) is 0 Å². The number of thioether (sulfide) groups is 1. The number of benzene rings is 1. The van der Waals surface area contributed by atoms with Gasteiger partial charge in [0.2, 0.25) is 11.8 Å². The zero-order valence-corrected chi connectivity index (χ0v) is 15.1. The second kappa shape index (κ2) is 8.67. The minimum atomic E-state index is -0.248. The number of halogens is 1. The Kier molecular flexibility index (Phi) is 6.31. The molecule has 2 aliphatic heterocycles. The lowest BCUT2D eigenvalue weighted by Gasteiger charge is -2.41. The monoisotopic (exact) mass is 365 g/mol. The molecule has 0 radical (unpaired) electrons. The van der Waals surface area contributed by atoms with Gasteiger partial charge in [0.1, 0.15) is 5.82 Å². The van der Waals surface area contributed by atoms with E-state index < -0.39 is 0 Å². The predicted octanol–water partition coefficient (Wildman–Crippen LogP) is 1.73. The Hall–Kier alpha value is -1.60. The number of likely N-dealkylation sites (tertiary alicyclic amines) is 1. The lowest BCUT2D eigenvalue weighted by Crippen LogP contribution is -2.57. The molecule has 5 nitrogen and oxygen atoms in total. The van der Waals surface area contributed by atoms with Crippen LogP contribution in [0.4, 0.5) is 4.39 Å². The van der Waals surface area contributed by atoms with Gasteiger partial charge < -0.3 is 15.1 Å². The van der Waals surface area contributed by atoms with Crippen LogP contribution in [0.15, 0.2) is 29.2 Å². The van der Waals surface area contributed by atoms with Crippen molar-refractivity contribution in [3.63, 3.8) is 0 Å². The summed E-state index contributed by atoms with van der Waals surface area (Å²) in [5.74, 6) is 0.708. The van der Waals surface area contributed by atoms with Crippen molar-refractivity contribution in [1.82, 2.24) is 15.1 Å². The number of amides is 2. The molecule has 0 bridgehead atoms. The Balaban J connectivity index is 1.46. The highest BCUT2D eigenvalue weighted by molar-refractivity contribution is 7.99. The van der Waals surface area contributed by atoms with Crippen LogP contribution < -0.4 is 5.32 Å². The molecule has 7 heteroatoms. The van der Waals surface area contributed by atoms with Crippen molar-refractivity contribution >= 4 is 23.6 Å². The zero-order valence-electron chi connectivity index (χ0n) is 14.2. The molecular formula is C18H24FN3O2S. The largest absolute Gasteiger partial charge is 0.341 e. The molecule has 0 spiro atoms. The summed E-state index contributed by atoms with van der Waals surface area (Å²) in [5.41, 5.74) is 0. The maximum absolute atomic E-state index is 12.9. The minimum absolute atomic E-state index is 0.136. The highest BCUT2D eigenvalue weighted by Gasteiger charge is 2.31. The molecule has 2 heterocycles. The molecule has 2 fully saturated rings. The number of carbonyl (C=O) groups excluding carboxylic acids is 2. The first kappa shape index (κ1) is 18.2. The average Bonchev–Trinajstić information content (AvgIpc) is 2.64. The first-order chi connectivity index (χ1) is 12.1. The molecule has 2 amide bonds. The first-order valence-electron chi connectivity index (χ1n) is 8.80. The summed E-state index contributed by atoms with van der Waals surface area (Å²) >= 11 is 1.56. The van der Waals surface area contributed by atoms with Crippen molar-refractivity contribution in [1.29, 1.82) is 0 Å². The highest BCUT2D eigenvalue weighted by atomic mass is 32.2. The van der Waals surface area contributed by atoms with Crippen molar-refractivity contribution in [2.45, 2.75) is 30.2 Å². The lowest BCUT2D eigenvalue weighted by atomic mass is 10.0. The fourth-order valence-corrected chi connectivity index (χ4v) is 4.23. The number of rotatable bonds is 5. The smallest absolute Gasteiger partial charge is 0.236 e. The maximum atomic E-state index is 12.9. The Bertz CT molecular complexity index is 611. The van der Waals surface area contributed by atoms with E-state index in [1.54, 1.807) is 23.9 Å². The van der Waals surface area contributed by atoms with E-state index in [9.17, 15) is 14.0 Å². The number of piperazine rings is 1. The van der Waals surface area contributed by atoms with Crippen LogP contribution in [-0.2, 0) is 9.59 Å². The van der Waals surface area contributed by atoms with E-state index in [0.717, 1.165) is 37.4 Å². The molecule has 1 aromatic carbocycles. The van der Waals surface area contributed by atoms with E-state index in [1.165, 1.54) is 12.1 Å². The van der Waals surface area contributed by atoms with Crippen LogP contribution in [-0.4, -0.2) is 66.1 Å². The topological polar surface area (TPSA) is 52.7 Å². The summed E-state index contributed by atoms with van der Waals surface area (Å²) in [7, 11) is 0. The van der Waals surface area contributed by atoms with Gasteiger partial charge in [-0.15, -0.1) is 11.8 Å². The third-order valence-corrected chi connectivity index (χ3v) is 5.73. The van der Waals surface area contributed by atoms with Gasteiger partial charge >= 0.3 is 0 Å². The van der Waals surface area contributed by atoms with Crippen LogP contribution in [0.1, 0.15) is 19.3 Å². The fraction of sp³-hybridized carbons (Fsp3) is 0.556. The van der Waals surface area contributed by atoms with E-state index >= 15 is 0 Å². The number of nitrogens with zero attached hydrogens (tertiary/aromatic N) is 2. The maximum Gasteiger partial charge on any atom is 0.236 e. The van der Waals surface area contributed by atoms with Crippen molar-refractivity contribution in [2.75, 3.05) is 38.5 Å². The summed E-state index contributed by atoms with van der Waals surface area (Å²) < 4.78 is 12.9. The number of carbonyl (C=O) groups is 2. The van der Waals surface area contributed by atoms with Gasteiger partial charge in [-0.1, -0.05) is 0 Å². The molecule has 0 aliphatic carbocycles. The van der Waals surface area contributed by atoms with E-state index in [2.05, 4.69) is 5.32 Å². The molecule has 0 saturated carbocycles. The third kappa shape index (κ3) is 4.95. The second-order valence-electron chi connectivity index (χ2n) is 6.45. The number of hydrogen-bond donors (Lipinski definition) is 1. The van der Waals surface area contributed by atoms with Crippen LogP contribution in [0.5, 0.6) is 0 Å². The lowest BCUT2D eigenvalue weighted by molar-refractivity contribution is -0.140. The van der Waals surface area contributed by atoms with E-state index in [1.807, 2.05) is 9.80 Å². The molecular weight excluding hydrogens is 341 g/mol. The summed E-state index contributed by atoms with van der Waals surface area (Å²) in [5, 5.41) is 3.09. The molecule has 0 aromatic heterocycles. The van der Waals surface area contributed by atoms with E-state index in [4.69, 9.17) is 0 Å². The number of nitrogens with one attached hydrogen (secondary N) is 1. The Morgan fingerprint density at radius 1 is 1.28 bits per heavy atom. The highest BCUT2D eigenvalue weighted by Crippen LogP contribution is 2.21. The quantitative estimate of drug-likeness (QED) is 0.808. The Labute approximate surface area is 151 Å². The summed E-state index contributed by atoms with van der Waals surface area (Å²) in [6, 6.07) is 6.49. The van der Waals surface area contributed by atoms with Crippen molar-refractivity contribution < 1.29 is 14.0 Å². The summed E-state index contributed by atoms with van der Waals surface area (Å²) in [6.07, 6.45) is 2.38. The fourth-order valence-electron chi connectivity index (χ4n) is 3.39. The summed E-state index contributed by atoms with van der Waals surface area (Å²) in [6.45, 7) is 3.37. The van der Waals surface area contributed by atoms with Gasteiger partial charge in [-0.05, 0) is 37.1 Å². The molecule has 1 atom stereocenters. The SMILES string of the molecule is O=C(CCSc1ccc(F)cc1)N1CCCC(N2CCNCC2=O)C1. The van der Waals surface area contributed by atoms with Crippen LogP contribution in [0.25, 0.3) is 0 Å². The molecule has 1 unspecified atom stereocenters. The van der Waals surface area contributed by atoms with Crippen LogP contribution >= 0.6 is 11.8 Å². The molecule has 1 N–H and O–H groups in total. The van der Waals surface area contributed by atoms with E-state index in [0.29, 0.717) is 25.3 Å². The van der Waals surface area contributed by atoms with Gasteiger partial charge in [0.15, 0.2) is 0 Å². The van der Waals surface area contributed by atoms with Gasteiger partial charge in [0.05, 0.1) is 6.54 Å². The van der Waals surface area contributed by atoms with Crippen LogP contribution in [0.2, 0.25) is 0 Å². The molecule has 3 rings (SSSR count). The molecule has 2 aliphatic rings.